The minimum absolute atomic E-state index is 0.101. The minimum Gasteiger partial charge on any atom is -0.478 e. The topological polar surface area (TPSA) is 110 Å². The predicted molar refractivity (Wildman–Crippen MR) is 77.2 cm³/mol. The van der Waals surface area contributed by atoms with E-state index in [2.05, 4.69) is 9.46 Å². The first kappa shape index (κ1) is 16.7. The molecule has 0 aliphatic heterocycles. The van der Waals surface area contributed by atoms with Crippen molar-refractivity contribution in [2.45, 2.75) is 6.92 Å². The average Bonchev–Trinajstić information content (AvgIpc) is 2.35. The van der Waals surface area contributed by atoms with E-state index < -0.39 is 27.7 Å². The number of carboxylic acids is 1. The van der Waals surface area contributed by atoms with Crippen LogP contribution in [0.4, 0.5) is 5.69 Å². The molecule has 0 aliphatic rings. The first-order chi connectivity index (χ1) is 9.82. The summed E-state index contributed by atoms with van der Waals surface area (Å²) in [5, 5.41) is 8.53. The van der Waals surface area contributed by atoms with E-state index in [1.165, 1.54) is 18.2 Å². The summed E-state index contributed by atoms with van der Waals surface area (Å²) in [5.74, 6) is -2.73. The van der Waals surface area contributed by atoms with Gasteiger partial charge in [0.1, 0.15) is 0 Å². The van der Waals surface area contributed by atoms with Crippen LogP contribution in [-0.4, -0.2) is 37.8 Å². The largest absolute Gasteiger partial charge is 0.478 e. The Bertz CT molecular complexity index is 650. The monoisotopic (exact) mass is 313 g/mol. The fraction of sp³-hybridized carbons (Fsp3) is 0.231. The fourth-order valence-corrected chi connectivity index (χ4v) is 2.40. The number of sulfonamides is 1. The number of carboxylic acid groups (broad SMARTS) is 1. The zero-order chi connectivity index (χ0) is 15.9. The van der Waals surface area contributed by atoms with Crippen LogP contribution in [0.3, 0.4) is 0 Å². The second kappa shape index (κ2) is 7.44. The zero-order valence-corrected chi connectivity index (χ0v) is 12.1. The number of hydrogen-bond donors (Lipinski definition) is 2. The van der Waals surface area contributed by atoms with Gasteiger partial charge in [-0.2, -0.15) is 0 Å². The Labute approximate surface area is 122 Å². The van der Waals surface area contributed by atoms with Gasteiger partial charge in [-0.15, -0.1) is 0 Å². The Morgan fingerprint density at radius 2 is 2.10 bits per heavy atom. The molecule has 1 rings (SSSR count). The highest BCUT2D eigenvalue weighted by Crippen LogP contribution is 2.13. The maximum Gasteiger partial charge on any atom is 0.328 e. The van der Waals surface area contributed by atoms with E-state index in [1.54, 1.807) is 19.1 Å². The van der Waals surface area contributed by atoms with Crippen LogP contribution < -0.4 is 4.72 Å². The molecule has 21 heavy (non-hydrogen) atoms. The van der Waals surface area contributed by atoms with E-state index in [-0.39, 0.29) is 12.3 Å². The van der Waals surface area contributed by atoms with Crippen molar-refractivity contribution in [2.24, 2.45) is 0 Å². The quantitative estimate of drug-likeness (QED) is 0.576. The van der Waals surface area contributed by atoms with Gasteiger partial charge in [-0.25, -0.2) is 13.2 Å². The Kier molecular flexibility index (Phi) is 5.92. The average molecular weight is 313 g/mol. The number of ether oxygens (including phenoxy) is 1. The Hall–Kier alpha value is -2.35. The highest BCUT2D eigenvalue weighted by molar-refractivity contribution is 7.93. The van der Waals surface area contributed by atoms with Crippen LogP contribution in [0.25, 0.3) is 6.08 Å². The third-order valence-corrected chi connectivity index (χ3v) is 3.35. The van der Waals surface area contributed by atoms with Crippen molar-refractivity contribution < 1.29 is 27.9 Å². The predicted octanol–water partition coefficient (Wildman–Crippen LogP) is 1.09. The minimum atomic E-state index is -3.87. The molecule has 7 nitrogen and oxygen atoms in total. The van der Waals surface area contributed by atoms with E-state index in [4.69, 9.17) is 5.11 Å². The molecule has 0 bridgehead atoms. The van der Waals surface area contributed by atoms with Crippen LogP contribution in [-0.2, 0) is 24.3 Å². The molecule has 0 heterocycles. The van der Waals surface area contributed by atoms with Crippen LogP contribution >= 0.6 is 0 Å². The third-order valence-electron chi connectivity index (χ3n) is 2.19. The fourth-order valence-electron chi connectivity index (χ4n) is 1.45. The molecular weight excluding hydrogens is 298 g/mol. The summed E-state index contributed by atoms with van der Waals surface area (Å²) in [5.41, 5.74) is 0.737. The first-order valence-electron chi connectivity index (χ1n) is 5.99. The van der Waals surface area contributed by atoms with E-state index in [1.807, 2.05) is 0 Å². The number of rotatable bonds is 7. The number of carbonyl (C=O) groups excluding carboxylic acids is 1. The van der Waals surface area contributed by atoms with Crippen molar-refractivity contribution >= 4 is 33.7 Å². The van der Waals surface area contributed by atoms with Crippen molar-refractivity contribution in [3.8, 4) is 0 Å². The second-order valence-corrected chi connectivity index (χ2v) is 5.69. The molecular formula is C13H15NO6S. The summed E-state index contributed by atoms with van der Waals surface area (Å²) in [7, 11) is -3.87. The van der Waals surface area contributed by atoms with Crippen molar-refractivity contribution in [1.29, 1.82) is 0 Å². The van der Waals surface area contributed by atoms with Crippen molar-refractivity contribution in [1.82, 2.24) is 0 Å². The Balaban J connectivity index is 2.80. The van der Waals surface area contributed by atoms with Gasteiger partial charge in [-0.1, -0.05) is 12.1 Å². The SMILES string of the molecule is CCOC(=O)CS(=O)(=O)Nc1cccc(C=CC(=O)O)c1. The number of esters is 1. The number of benzene rings is 1. The van der Waals surface area contributed by atoms with Gasteiger partial charge in [0.2, 0.25) is 10.0 Å². The Morgan fingerprint density at radius 3 is 2.71 bits per heavy atom. The van der Waals surface area contributed by atoms with Gasteiger partial charge >= 0.3 is 11.9 Å². The number of nitrogens with one attached hydrogen (secondary N) is 1. The van der Waals surface area contributed by atoms with Gasteiger partial charge in [0.05, 0.1) is 6.61 Å². The van der Waals surface area contributed by atoms with Crippen LogP contribution in [0.5, 0.6) is 0 Å². The van der Waals surface area contributed by atoms with Crippen molar-refractivity contribution in [3.63, 3.8) is 0 Å². The second-order valence-electron chi connectivity index (χ2n) is 3.96. The molecule has 0 atom stereocenters. The number of aliphatic carboxylic acids is 1. The zero-order valence-electron chi connectivity index (χ0n) is 11.3. The summed E-state index contributed by atoms with van der Waals surface area (Å²) >= 11 is 0. The molecule has 0 fully saturated rings. The molecule has 0 radical (unpaired) electrons. The number of carbonyl (C=O) groups is 2. The van der Waals surface area contributed by atoms with Gasteiger partial charge in [-0.05, 0) is 30.7 Å². The number of anilines is 1. The molecule has 2 N–H and O–H groups in total. The molecule has 1 aromatic carbocycles. The van der Waals surface area contributed by atoms with Gasteiger partial charge in [-0.3, -0.25) is 9.52 Å². The molecule has 0 unspecified atom stereocenters. The van der Waals surface area contributed by atoms with Gasteiger partial charge in [0.15, 0.2) is 5.75 Å². The summed E-state index contributed by atoms with van der Waals surface area (Å²) in [4.78, 5) is 21.6. The molecule has 0 aromatic heterocycles. The first-order valence-corrected chi connectivity index (χ1v) is 7.65. The smallest absolute Gasteiger partial charge is 0.328 e. The lowest BCUT2D eigenvalue weighted by Crippen LogP contribution is -2.24. The summed E-state index contributed by atoms with van der Waals surface area (Å²) in [6.07, 6.45) is 2.26. The third kappa shape index (κ3) is 6.57. The van der Waals surface area contributed by atoms with Gasteiger partial charge in [0, 0.05) is 11.8 Å². The molecule has 0 saturated heterocycles. The number of hydrogen-bond acceptors (Lipinski definition) is 5. The van der Waals surface area contributed by atoms with Crippen LogP contribution in [0.2, 0.25) is 0 Å². The molecule has 0 amide bonds. The van der Waals surface area contributed by atoms with Crippen LogP contribution in [0, 0.1) is 0 Å². The Morgan fingerprint density at radius 1 is 1.38 bits per heavy atom. The molecule has 0 saturated carbocycles. The summed E-state index contributed by atoms with van der Waals surface area (Å²) in [6.45, 7) is 1.68. The van der Waals surface area contributed by atoms with E-state index in [0.29, 0.717) is 5.56 Å². The van der Waals surface area contributed by atoms with Crippen molar-refractivity contribution in [3.05, 3.63) is 35.9 Å². The highest BCUT2D eigenvalue weighted by atomic mass is 32.2. The van der Waals surface area contributed by atoms with E-state index in [0.717, 1.165) is 6.08 Å². The van der Waals surface area contributed by atoms with Crippen LogP contribution in [0.15, 0.2) is 30.3 Å². The molecule has 0 spiro atoms. The lowest BCUT2D eigenvalue weighted by atomic mass is 10.2. The van der Waals surface area contributed by atoms with E-state index in [9.17, 15) is 18.0 Å². The maximum atomic E-state index is 11.7. The highest BCUT2D eigenvalue weighted by Gasteiger charge is 2.17. The lowest BCUT2D eigenvalue weighted by Gasteiger charge is -2.08. The molecule has 114 valence electrons. The maximum absolute atomic E-state index is 11.7. The van der Waals surface area contributed by atoms with Gasteiger partial charge in [0.25, 0.3) is 0 Å². The summed E-state index contributed by atoms with van der Waals surface area (Å²) < 4.78 is 30.3. The lowest BCUT2D eigenvalue weighted by molar-refractivity contribution is -0.140. The van der Waals surface area contributed by atoms with E-state index >= 15 is 0 Å². The van der Waals surface area contributed by atoms with Crippen molar-refractivity contribution in [2.75, 3.05) is 17.1 Å². The molecule has 0 aliphatic carbocycles. The normalized spacial score (nSPS) is 11.3. The van der Waals surface area contributed by atoms with Crippen LogP contribution in [0.1, 0.15) is 12.5 Å². The van der Waals surface area contributed by atoms with Gasteiger partial charge < -0.3 is 9.84 Å². The molecule has 1 aromatic rings. The standard InChI is InChI=1S/C13H15NO6S/c1-2-20-13(17)9-21(18,19)14-11-5-3-4-10(8-11)6-7-12(15)16/h3-8,14H,2,9H2,1H3,(H,15,16). The molecule has 8 heteroatoms. The summed E-state index contributed by atoms with van der Waals surface area (Å²) in [6, 6.07) is 6.11.